The average Bonchev–Trinajstić information content (AvgIpc) is 3.06. The average molecular weight is 424 g/mol. The Bertz CT molecular complexity index is 796. The van der Waals surface area contributed by atoms with Gasteiger partial charge in [-0.3, -0.25) is 9.59 Å². The molecule has 4 nitrogen and oxygen atoms in total. The highest BCUT2D eigenvalue weighted by Gasteiger charge is 2.49. The Kier molecular flexibility index (Phi) is 5.36. The number of esters is 1. The second kappa shape index (κ2) is 7.53. The number of hydrogen-bond donors (Lipinski definition) is 1. The van der Waals surface area contributed by atoms with Gasteiger partial charge in [-0.1, -0.05) is 46.3 Å². The number of hydrogen-bond acceptors (Lipinski definition) is 3. The highest BCUT2D eigenvalue weighted by Crippen LogP contribution is 2.36. The molecule has 1 N–H and O–H groups in total. The molecule has 0 aromatic heterocycles. The van der Waals surface area contributed by atoms with Crippen LogP contribution in [-0.4, -0.2) is 24.0 Å². The van der Waals surface area contributed by atoms with Crippen molar-refractivity contribution in [1.29, 1.82) is 0 Å². The molecule has 2 atom stereocenters. The summed E-state index contributed by atoms with van der Waals surface area (Å²) in [7, 11) is 0. The molecule has 1 amide bonds. The standard InChI is InChI=1S/C19H16BrF2NO3/c20-14-8-6-12(7-9-14)18(25)23-17(15-10-11-16(24)26-15)19(21,22)13-4-2-1-3-5-13/h1-9,15,17H,10-11H2,(H,23,25)/t15-,17+/m1/s1. The number of carbonyl (C=O) groups excluding carboxylic acids is 2. The number of rotatable bonds is 5. The normalized spacial score (nSPS) is 18.3. The van der Waals surface area contributed by atoms with Crippen molar-refractivity contribution in [2.75, 3.05) is 0 Å². The summed E-state index contributed by atoms with van der Waals surface area (Å²) >= 11 is 3.26. The topological polar surface area (TPSA) is 55.4 Å². The fourth-order valence-corrected chi connectivity index (χ4v) is 3.13. The van der Waals surface area contributed by atoms with Gasteiger partial charge in [0, 0.05) is 22.0 Å². The maximum absolute atomic E-state index is 15.1. The third-order valence-corrected chi connectivity index (χ3v) is 4.76. The van der Waals surface area contributed by atoms with E-state index in [1.807, 2.05) is 0 Å². The summed E-state index contributed by atoms with van der Waals surface area (Å²) in [5.41, 5.74) is -0.00422. The van der Waals surface area contributed by atoms with E-state index in [1.54, 1.807) is 18.2 Å². The van der Waals surface area contributed by atoms with Crippen LogP contribution in [0.2, 0.25) is 0 Å². The summed E-state index contributed by atoms with van der Waals surface area (Å²) in [5.74, 6) is -4.59. The second-order valence-corrected chi connectivity index (χ2v) is 6.93. The first kappa shape index (κ1) is 18.5. The minimum absolute atomic E-state index is 0.0557. The molecule has 1 fully saturated rings. The van der Waals surface area contributed by atoms with Gasteiger partial charge >= 0.3 is 5.97 Å². The smallest absolute Gasteiger partial charge is 0.306 e. The Morgan fingerprint density at radius 2 is 1.81 bits per heavy atom. The minimum Gasteiger partial charge on any atom is -0.460 e. The molecule has 26 heavy (non-hydrogen) atoms. The van der Waals surface area contributed by atoms with Crippen molar-refractivity contribution in [3.05, 3.63) is 70.2 Å². The third kappa shape index (κ3) is 3.93. The summed E-state index contributed by atoms with van der Waals surface area (Å²) in [4.78, 5) is 23.9. The molecule has 0 aliphatic carbocycles. The zero-order chi connectivity index (χ0) is 18.7. The first-order valence-corrected chi connectivity index (χ1v) is 8.86. The molecule has 1 saturated heterocycles. The van der Waals surface area contributed by atoms with E-state index in [0.29, 0.717) is 0 Å². The van der Waals surface area contributed by atoms with Crippen molar-refractivity contribution < 1.29 is 23.1 Å². The van der Waals surface area contributed by atoms with Gasteiger partial charge in [0.05, 0.1) is 0 Å². The fourth-order valence-electron chi connectivity index (χ4n) is 2.86. The van der Waals surface area contributed by atoms with Crippen molar-refractivity contribution in [2.24, 2.45) is 0 Å². The van der Waals surface area contributed by atoms with Gasteiger partial charge in [0.25, 0.3) is 11.8 Å². The number of alkyl halides is 2. The molecule has 2 aromatic carbocycles. The molecule has 0 radical (unpaired) electrons. The van der Waals surface area contributed by atoms with Gasteiger partial charge in [0.1, 0.15) is 12.1 Å². The maximum atomic E-state index is 15.1. The lowest BCUT2D eigenvalue weighted by molar-refractivity contribution is -0.147. The number of ether oxygens (including phenoxy) is 1. The van der Waals surface area contributed by atoms with E-state index in [2.05, 4.69) is 21.2 Å². The SMILES string of the molecule is O=C1CC[C@H]([C@H](NC(=O)c2ccc(Br)cc2)C(F)(F)c2ccccc2)O1. The number of cyclic esters (lactones) is 1. The van der Waals surface area contributed by atoms with Gasteiger partial charge in [0.2, 0.25) is 0 Å². The highest BCUT2D eigenvalue weighted by atomic mass is 79.9. The van der Waals surface area contributed by atoms with Gasteiger partial charge in [-0.15, -0.1) is 0 Å². The number of carbonyl (C=O) groups is 2. The summed E-state index contributed by atoms with van der Waals surface area (Å²) in [6.07, 6.45) is -0.899. The quantitative estimate of drug-likeness (QED) is 0.738. The van der Waals surface area contributed by atoms with E-state index in [0.717, 1.165) is 4.47 Å². The molecule has 0 bridgehead atoms. The van der Waals surface area contributed by atoms with Crippen LogP contribution in [0.3, 0.4) is 0 Å². The first-order chi connectivity index (χ1) is 12.4. The van der Waals surface area contributed by atoms with Crippen LogP contribution in [-0.2, 0) is 15.5 Å². The zero-order valence-electron chi connectivity index (χ0n) is 13.6. The van der Waals surface area contributed by atoms with Crippen molar-refractivity contribution in [3.63, 3.8) is 0 Å². The van der Waals surface area contributed by atoms with E-state index in [9.17, 15) is 9.59 Å². The predicted octanol–water partition coefficient (Wildman–Crippen LogP) is 4.05. The molecule has 1 aliphatic heterocycles. The molecule has 1 aliphatic rings. The van der Waals surface area contributed by atoms with Crippen LogP contribution in [0.1, 0.15) is 28.8 Å². The summed E-state index contributed by atoms with van der Waals surface area (Å²) in [6, 6.07) is 11.9. The van der Waals surface area contributed by atoms with Crippen molar-refractivity contribution >= 4 is 27.8 Å². The Labute approximate surface area is 157 Å². The molecule has 3 rings (SSSR count). The molecular weight excluding hydrogens is 408 g/mol. The van der Waals surface area contributed by atoms with E-state index in [4.69, 9.17) is 4.74 Å². The molecule has 1 heterocycles. The molecule has 7 heteroatoms. The molecule has 0 spiro atoms. The van der Waals surface area contributed by atoms with Crippen LogP contribution in [0.25, 0.3) is 0 Å². The lowest BCUT2D eigenvalue weighted by atomic mass is 9.94. The van der Waals surface area contributed by atoms with Crippen LogP contribution < -0.4 is 5.32 Å². The van der Waals surface area contributed by atoms with Crippen molar-refractivity contribution in [1.82, 2.24) is 5.32 Å². The van der Waals surface area contributed by atoms with Gasteiger partial charge < -0.3 is 10.1 Å². The summed E-state index contributed by atoms with van der Waals surface area (Å²) < 4.78 is 36.1. The van der Waals surface area contributed by atoms with Crippen LogP contribution in [0.5, 0.6) is 0 Å². The van der Waals surface area contributed by atoms with E-state index in [-0.39, 0.29) is 24.0 Å². The number of benzene rings is 2. The molecule has 0 unspecified atom stereocenters. The summed E-state index contributed by atoms with van der Waals surface area (Å²) in [6.45, 7) is 0. The minimum atomic E-state index is -3.40. The van der Waals surface area contributed by atoms with Crippen LogP contribution in [0, 0.1) is 0 Å². The second-order valence-electron chi connectivity index (χ2n) is 6.01. The Morgan fingerprint density at radius 1 is 1.15 bits per heavy atom. The zero-order valence-corrected chi connectivity index (χ0v) is 15.2. The van der Waals surface area contributed by atoms with Crippen LogP contribution in [0.4, 0.5) is 8.78 Å². The first-order valence-electron chi connectivity index (χ1n) is 8.07. The Morgan fingerprint density at radius 3 is 2.38 bits per heavy atom. The fraction of sp³-hybridized carbons (Fsp3) is 0.263. The highest BCUT2D eigenvalue weighted by molar-refractivity contribution is 9.10. The number of nitrogens with one attached hydrogen (secondary N) is 1. The molecule has 136 valence electrons. The van der Waals surface area contributed by atoms with Gasteiger partial charge in [-0.05, 0) is 30.7 Å². The third-order valence-electron chi connectivity index (χ3n) is 4.23. The lowest BCUT2D eigenvalue weighted by Gasteiger charge is -2.31. The molecule has 0 saturated carbocycles. The van der Waals surface area contributed by atoms with Crippen molar-refractivity contribution in [2.45, 2.75) is 30.9 Å². The monoisotopic (exact) mass is 423 g/mol. The molecule has 2 aromatic rings. The number of amides is 1. The van der Waals surface area contributed by atoms with Gasteiger partial charge in [-0.2, -0.15) is 8.78 Å². The van der Waals surface area contributed by atoms with Crippen LogP contribution in [0.15, 0.2) is 59.1 Å². The molecular formula is C19H16BrF2NO3. The Hall–Kier alpha value is -2.28. The predicted molar refractivity (Wildman–Crippen MR) is 94.8 cm³/mol. The Balaban J connectivity index is 1.89. The maximum Gasteiger partial charge on any atom is 0.306 e. The number of halogens is 3. The summed E-state index contributed by atoms with van der Waals surface area (Å²) in [5, 5.41) is 2.37. The van der Waals surface area contributed by atoms with E-state index >= 15 is 8.78 Å². The van der Waals surface area contributed by atoms with Gasteiger partial charge in [-0.25, -0.2) is 0 Å². The van der Waals surface area contributed by atoms with Gasteiger partial charge in [0.15, 0.2) is 0 Å². The van der Waals surface area contributed by atoms with E-state index in [1.165, 1.54) is 36.4 Å². The van der Waals surface area contributed by atoms with Crippen LogP contribution >= 0.6 is 15.9 Å². The van der Waals surface area contributed by atoms with E-state index < -0.39 is 29.9 Å². The van der Waals surface area contributed by atoms with Crippen molar-refractivity contribution in [3.8, 4) is 0 Å². The largest absolute Gasteiger partial charge is 0.460 e. The lowest BCUT2D eigenvalue weighted by Crippen LogP contribution is -2.53.